The van der Waals surface area contributed by atoms with Gasteiger partial charge in [0.1, 0.15) is 22.9 Å². The van der Waals surface area contributed by atoms with Crippen LogP contribution in [0.5, 0.6) is 11.5 Å². The van der Waals surface area contributed by atoms with E-state index in [1.807, 2.05) is 12.2 Å². The topological polar surface area (TPSA) is 164 Å². The van der Waals surface area contributed by atoms with E-state index in [9.17, 15) is 9.59 Å². The fourth-order valence-corrected chi connectivity index (χ4v) is 3.17. The first-order valence-electron chi connectivity index (χ1n) is 10.0. The number of ether oxygens (including phenoxy) is 3. The van der Waals surface area contributed by atoms with Gasteiger partial charge in [-0.1, -0.05) is 12.2 Å². The Morgan fingerprint density at radius 1 is 0.875 bits per heavy atom. The van der Waals surface area contributed by atoms with Gasteiger partial charge in [-0.15, -0.1) is 0 Å². The highest BCUT2D eigenvalue weighted by atomic mass is 16.5. The van der Waals surface area contributed by atoms with Crippen molar-refractivity contribution in [2.45, 2.75) is 6.42 Å². The van der Waals surface area contributed by atoms with Gasteiger partial charge in [-0.25, -0.2) is 4.79 Å². The molecule has 0 saturated carbocycles. The lowest BCUT2D eigenvalue weighted by atomic mass is 10.1. The van der Waals surface area contributed by atoms with Crippen molar-refractivity contribution in [3.05, 3.63) is 47.5 Å². The molecule has 2 aromatic rings. The highest BCUT2D eigenvalue weighted by Gasteiger charge is 2.16. The molecular weight excluding hydrogens is 414 g/mol. The fourth-order valence-electron chi connectivity index (χ4n) is 3.17. The molecule has 0 saturated heterocycles. The maximum absolute atomic E-state index is 11.9. The number of esters is 1. The summed E-state index contributed by atoms with van der Waals surface area (Å²) in [6.07, 6.45) is 4.32. The zero-order valence-corrected chi connectivity index (χ0v) is 17.8. The van der Waals surface area contributed by atoms with Gasteiger partial charge < -0.3 is 42.0 Å². The smallest absolute Gasteiger partial charge is 0.338 e. The van der Waals surface area contributed by atoms with E-state index in [1.54, 1.807) is 18.2 Å². The summed E-state index contributed by atoms with van der Waals surface area (Å²) in [7, 11) is 1.30. The van der Waals surface area contributed by atoms with Crippen molar-refractivity contribution in [2.24, 2.45) is 5.73 Å². The van der Waals surface area contributed by atoms with Gasteiger partial charge in [0, 0.05) is 25.1 Å². The highest BCUT2D eigenvalue weighted by Crippen LogP contribution is 2.34. The van der Waals surface area contributed by atoms with Crippen LogP contribution in [0.25, 0.3) is 0 Å². The summed E-state index contributed by atoms with van der Waals surface area (Å²) < 4.78 is 16.5. The lowest BCUT2D eigenvalue weighted by Gasteiger charge is -2.17. The Hall–Kier alpha value is -4.08. The van der Waals surface area contributed by atoms with E-state index in [-0.39, 0.29) is 5.56 Å². The molecule has 10 nitrogen and oxygen atoms in total. The van der Waals surface area contributed by atoms with E-state index in [0.29, 0.717) is 72.5 Å². The predicted octanol–water partition coefficient (Wildman–Crippen LogP) is 1.98. The van der Waals surface area contributed by atoms with Crippen LogP contribution < -0.4 is 37.3 Å². The SMILES string of the molecule is COC(=O)c1cc(N)c2c(c1)OCCCOc1cc(C(N)=O)cc(N)c1NC/C=C/CN2. The number of carbonyl (C=O) groups excluding carboxylic acids is 2. The lowest BCUT2D eigenvalue weighted by molar-refractivity contribution is 0.0600. The zero-order valence-electron chi connectivity index (χ0n) is 17.8. The Balaban J connectivity index is 1.84. The summed E-state index contributed by atoms with van der Waals surface area (Å²) >= 11 is 0. The molecule has 8 N–H and O–H groups in total. The minimum atomic E-state index is -0.594. The van der Waals surface area contributed by atoms with Gasteiger partial charge in [0.15, 0.2) is 0 Å². The van der Waals surface area contributed by atoms with Crippen LogP contribution in [0.2, 0.25) is 0 Å². The summed E-state index contributed by atoms with van der Waals surface area (Å²) in [6.45, 7) is 1.53. The van der Waals surface area contributed by atoms with Crippen molar-refractivity contribution in [1.82, 2.24) is 0 Å². The molecular formula is C22H27N5O5. The first-order valence-corrected chi connectivity index (χ1v) is 10.0. The van der Waals surface area contributed by atoms with Gasteiger partial charge >= 0.3 is 5.97 Å². The number of nitrogen functional groups attached to an aromatic ring is 2. The summed E-state index contributed by atoms with van der Waals surface area (Å²) in [5.41, 5.74) is 20.1. The average molecular weight is 441 g/mol. The second-order valence-corrected chi connectivity index (χ2v) is 7.02. The first-order chi connectivity index (χ1) is 15.4. The van der Waals surface area contributed by atoms with Crippen molar-refractivity contribution >= 4 is 34.6 Å². The Labute approximate surface area is 185 Å². The van der Waals surface area contributed by atoms with E-state index in [0.717, 1.165) is 0 Å². The third-order valence-electron chi connectivity index (χ3n) is 4.73. The molecule has 0 aliphatic carbocycles. The number of rotatable bonds is 2. The van der Waals surface area contributed by atoms with Gasteiger partial charge in [0.2, 0.25) is 5.91 Å². The van der Waals surface area contributed by atoms with Crippen molar-refractivity contribution in [3.63, 3.8) is 0 Å². The van der Waals surface area contributed by atoms with Crippen LogP contribution in [0, 0.1) is 0 Å². The first kappa shape index (κ1) is 22.6. The van der Waals surface area contributed by atoms with Crippen LogP contribution in [0.4, 0.5) is 22.7 Å². The molecule has 170 valence electrons. The Morgan fingerprint density at radius 2 is 1.38 bits per heavy atom. The van der Waals surface area contributed by atoms with Crippen LogP contribution in [0.3, 0.4) is 0 Å². The predicted molar refractivity (Wildman–Crippen MR) is 123 cm³/mol. The van der Waals surface area contributed by atoms with Crippen molar-refractivity contribution in [3.8, 4) is 11.5 Å². The number of hydrogen-bond acceptors (Lipinski definition) is 9. The third kappa shape index (κ3) is 5.34. The number of methoxy groups -OCH3 is 1. The molecule has 1 aliphatic rings. The normalized spacial score (nSPS) is 15.0. The number of fused-ring (bicyclic) bond motifs is 2. The van der Waals surface area contributed by atoms with Gasteiger partial charge in [0.25, 0.3) is 0 Å². The van der Waals surface area contributed by atoms with Gasteiger partial charge in [0.05, 0.1) is 37.3 Å². The van der Waals surface area contributed by atoms with E-state index in [2.05, 4.69) is 10.6 Å². The number of anilines is 4. The molecule has 32 heavy (non-hydrogen) atoms. The molecule has 0 atom stereocenters. The third-order valence-corrected chi connectivity index (χ3v) is 4.73. The largest absolute Gasteiger partial charge is 0.491 e. The molecule has 1 amide bonds. The molecule has 0 unspecified atom stereocenters. The standard InChI is InChI=1S/C22H27N5O5/c1-30-22(29)14-10-16(24)20-18(12-14)32-8-4-7-31-17-11-13(21(25)28)9-15(23)19(17)26-5-2-3-6-27-20/h2-3,9-12,26-27H,4-8,23-24H2,1H3,(H2,25,28)/b3-2+. The molecule has 0 fully saturated rings. The highest BCUT2D eigenvalue weighted by molar-refractivity contribution is 5.96. The number of nitrogens with one attached hydrogen (secondary N) is 2. The van der Waals surface area contributed by atoms with Crippen LogP contribution in [-0.4, -0.2) is 45.3 Å². The molecule has 0 spiro atoms. The van der Waals surface area contributed by atoms with Crippen molar-refractivity contribution < 1.29 is 23.8 Å². The Morgan fingerprint density at radius 3 is 1.88 bits per heavy atom. The average Bonchev–Trinajstić information content (AvgIpc) is 2.77. The van der Waals surface area contributed by atoms with Crippen LogP contribution in [0.15, 0.2) is 36.4 Å². The molecule has 0 radical (unpaired) electrons. The van der Waals surface area contributed by atoms with E-state index < -0.39 is 11.9 Å². The van der Waals surface area contributed by atoms with Crippen LogP contribution in [-0.2, 0) is 4.74 Å². The summed E-state index contributed by atoms with van der Waals surface area (Å²) in [4.78, 5) is 23.5. The van der Waals surface area contributed by atoms with Crippen molar-refractivity contribution in [1.29, 1.82) is 0 Å². The molecule has 3 rings (SSSR count). The number of benzene rings is 2. The van der Waals surface area contributed by atoms with Gasteiger partial charge in [-0.3, -0.25) is 4.79 Å². The van der Waals surface area contributed by atoms with E-state index >= 15 is 0 Å². The summed E-state index contributed by atoms with van der Waals surface area (Å²) in [5, 5.41) is 6.41. The molecule has 10 heteroatoms. The van der Waals surface area contributed by atoms with Gasteiger partial charge in [-0.2, -0.15) is 0 Å². The molecule has 0 bridgehead atoms. The number of primary amides is 1. The van der Waals surface area contributed by atoms with E-state index in [4.69, 9.17) is 31.4 Å². The lowest BCUT2D eigenvalue weighted by Crippen LogP contribution is -2.14. The molecule has 0 aromatic heterocycles. The van der Waals surface area contributed by atoms with Crippen LogP contribution in [0.1, 0.15) is 27.1 Å². The minimum Gasteiger partial charge on any atom is -0.491 e. The minimum absolute atomic E-state index is 0.261. The van der Waals surface area contributed by atoms with Crippen LogP contribution >= 0.6 is 0 Å². The maximum atomic E-state index is 11.9. The quantitative estimate of drug-likeness (QED) is 0.266. The molecule has 2 aromatic carbocycles. The monoisotopic (exact) mass is 441 g/mol. The second kappa shape index (κ2) is 10.3. The summed E-state index contributed by atoms with van der Waals surface area (Å²) in [5.74, 6) is -0.234. The molecule has 1 heterocycles. The fraction of sp³-hybridized carbons (Fsp3) is 0.273. The van der Waals surface area contributed by atoms with Crippen molar-refractivity contribution in [2.75, 3.05) is 55.5 Å². The number of amides is 1. The van der Waals surface area contributed by atoms with Gasteiger partial charge in [-0.05, 0) is 24.3 Å². The number of carbonyl (C=O) groups is 2. The Kier molecular flexibility index (Phi) is 7.27. The Bertz CT molecular complexity index is 1040. The number of hydrogen-bond donors (Lipinski definition) is 5. The number of nitrogens with two attached hydrogens (primary N) is 3. The second-order valence-electron chi connectivity index (χ2n) is 7.02. The zero-order chi connectivity index (χ0) is 23.1. The maximum Gasteiger partial charge on any atom is 0.338 e. The van der Waals surface area contributed by atoms with E-state index in [1.165, 1.54) is 13.2 Å². The summed E-state index contributed by atoms with van der Waals surface area (Å²) in [6, 6.07) is 6.20. The molecule has 1 aliphatic heterocycles.